The fraction of sp³-hybridized carbons (Fsp3) is 0.316. The van der Waals surface area contributed by atoms with Crippen molar-refractivity contribution in [3.63, 3.8) is 0 Å². The molecule has 2 N–H and O–H groups in total. The van der Waals surface area contributed by atoms with Crippen molar-refractivity contribution >= 4 is 33.2 Å². The standard InChI is InChI=1S/C19H19BrF3N5O/c1-2-8-25-18(29)13-5-3-12(4-6-13)15-11-26-17-14(10-16(20)27-28(15)17)24-9-7-19(21,22)23/h3-6,10-11,24H,2,7-9H2,1H3,(H,25,29). The van der Waals surface area contributed by atoms with Gasteiger partial charge in [0.05, 0.1) is 24.0 Å². The minimum Gasteiger partial charge on any atom is -0.382 e. The van der Waals surface area contributed by atoms with Crippen LogP contribution in [0.15, 0.2) is 41.1 Å². The van der Waals surface area contributed by atoms with Crippen LogP contribution in [0, 0.1) is 0 Å². The molecule has 0 radical (unpaired) electrons. The number of hydrogen-bond donors (Lipinski definition) is 2. The van der Waals surface area contributed by atoms with E-state index in [0.29, 0.717) is 33.7 Å². The normalized spacial score (nSPS) is 11.6. The number of benzene rings is 1. The predicted molar refractivity (Wildman–Crippen MR) is 108 cm³/mol. The first-order valence-corrected chi connectivity index (χ1v) is 9.81. The van der Waals surface area contributed by atoms with Crippen molar-refractivity contribution in [3.05, 3.63) is 46.7 Å². The van der Waals surface area contributed by atoms with Crippen molar-refractivity contribution in [2.45, 2.75) is 25.9 Å². The molecule has 3 aromatic rings. The van der Waals surface area contributed by atoms with Crippen molar-refractivity contribution in [2.24, 2.45) is 0 Å². The van der Waals surface area contributed by atoms with Gasteiger partial charge in [0.2, 0.25) is 0 Å². The van der Waals surface area contributed by atoms with E-state index in [9.17, 15) is 18.0 Å². The Morgan fingerprint density at radius 1 is 1.21 bits per heavy atom. The molecule has 3 rings (SSSR count). The second-order valence-electron chi connectivity index (χ2n) is 6.38. The molecule has 0 saturated heterocycles. The topological polar surface area (TPSA) is 71.3 Å². The first kappa shape index (κ1) is 21.1. The molecule has 6 nitrogen and oxygen atoms in total. The van der Waals surface area contributed by atoms with Crippen LogP contribution < -0.4 is 10.6 Å². The summed E-state index contributed by atoms with van der Waals surface area (Å²) in [4.78, 5) is 16.3. The van der Waals surface area contributed by atoms with E-state index >= 15 is 0 Å². The van der Waals surface area contributed by atoms with Gasteiger partial charge in [0, 0.05) is 24.2 Å². The highest BCUT2D eigenvalue weighted by atomic mass is 79.9. The smallest absolute Gasteiger partial charge is 0.382 e. The van der Waals surface area contributed by atoms with Crippen molar-refractivity contribution in [2.75, 3.05) is 18.4 Å². The van der Waals surface area contributed by atoms with Crippen molar-refractivity contribution in [1.82, 2.24) is 19.9 Å². The van der Waals surface area contributed by atoms with Crippen LogP contribution in [0.25, 0.3) is 16.9 Å². The van der Waals surface area contributed by atoms with Gasteiger partial charge in [-0.25, -0.2) is 9.50 Å². The van der Waals surface area contributed by atoms with Crippen LogP contribution in [0.3, 0.4) is 0 Å². The highest BCUT2D eigenvalue weighted by Gasteiger charge is 2.26. The first-order valence-electron chi connectivity index (χ1n) is 9.02. The Morgan fingerprint density at radius 2 is 1.93 bits per heavy atom. The summed E-state index contributed by atoms with van der Waals surface area (Å²) in [5.74, 6) is -0.145. The fourth-order valence-corrected chi connectivity index (χ4v) is 3.12. The second kappa shape index (κ2) is 8.81. The lowest BCUT2D eigenvalue weighted by molar-refractivity contribution is -0.131. The maximum Gasteiger partial charge on any atom is 0.390 e. The Labute approximate surface area is 173 Å². The Hall–Kier alpha value is -2.62. The van der Waals surface area contributed by atoms with Gasteiger partial charge in [-0.3, -0.25) is 4.79 Å². The van der Waals surface area contributed by atoms with E-state index in [-0.39, 0.29) is 12.5 Å². The summed E-state index contributed by atoms with van der Waals surface area (Å²) in [6.45, 7) is 2.32. The summed E-state index contributed by atoms with van der Waals surface area (Å²) in [6, 6.07) is 8.57. The molecular formula is C19H19BrF3N5O. The van der Waals surface area contributed by atoms with Crippen LogP contribution >= 0.6 is 15.9 Å². The number of imidazole rings is 1. The van der Waals surface area contributed by atoms with E-state index in [4.69, 9.17) is 0 Å². The number of rotatable bonds is 7. The van der Waals surface area contributed by atoms with E-state index in [1.807, 2.05) is 6.92 Å². The molecule has 0 aliphatic heterocycles. The second-order valence-corrected chi connectivity index (χ2v) is 7.20. The van der Waals surface area contributed by atoms with Gasteiger partial charge in [0.15, 0.2) is 5.65 Å². The highest BCUT2D eigenvalue weighted by molar-refractivity contribution is 9.10. The maximum atomic E-state index is 12.4. The number of nitrogens with one attached hydrogen (secondary N) is 2. The molecule has 0 atom stereocenters. The zero-order valence-electron chi connectivity index (χ0n) is 15.6. The Morgan fingerprint density at radius 3 is 2.59 bits per heavy atom. The lowest BCUT2D eigenvalue weighted by Gasteiger charge is -2.11. The Kier molecular flexibility index (Phi) is 6.41. The zero-order chi connectivity index (χ0) is 21.0. The molecule has 0 bridgehead atoms. The van der Waals surface area contributed by atoms with E-state index in [1.165, 1.54) is 0 Å². The van der Waals surface area contributed by atoms with Gasteiger partial charge in [0.25, 0.3) is 5.91 Å². The van der Waals surface area contributed by atoms with E-state index in [1.54, 1.807) is 41.0 Å². The summed E-state index contributed by atoms with van der Waals surface area (Å²) in [5, 5.41) is 9.94. The molecule has 29 heavy (non-hydrogen) atoms. The molecule has 1 amide bonds. The number of hydrogen-bond acceptors (Lipinski definition) is 4. The number of alkyl halides is 3. The lowest BCUT2D eigenvalue weighted by atomic mass is 10.1. The van der Waals surface area contributed by atoms with Crippen LogP contribution in [0.4, 0.5) is 18.9 Å². The number of aromatic nitrogens is 3. The molecule has 2 heterocycles. The van der Waals surface area contributed by atoms with E-state index in [0.717, 1.165) is 12.0 Å². The van der Waals surface area contributed by atoms with Crippen LogP contribution in [0.5, 0.6) is 0 Å². The molecule has 0 aliphatic carbocycles. The Bertz CT molecular complexity index is 1000. The average Bonchev–Trinajstić information content (AvgIpc) is 3.09. The third-order valence-corrected chi connectivity index (χ3v) is 4.53. The van der Waals surface area contributed by atoms with Crippen LogP contribution in [-0.2, 0) is 0 Å². The molecule has 2 aromatic heterocycles. The quantitative estimate of drug-likeness (QED) is 0.527. The van der Waals surface area contributed by atoms with E-state index < -0.39 is 12.6 Å². The van der Waals surface area contributed by atoms with Gasteiger partial charge >= 0.3 is 6.18 Å². The molecule has 0 unspecified atom stereocenters. The first-order chi connectivity index (χ1) is 13.8. The number of carbonyl (C=O) groups is 1. The van der Waals surface area contributed by atoms with Gasteiger partial charge in [-0.05, 0) is 40.5 Å². The van der Waals surface area contributed by atoms with Crippen molar-refractivity contribution in [3.8, 4) is 11.3 Å². The van der Waals surface area contributed by atoms with Gasteiger partial charge in [-0.1, -0.05) is 19.1 Å². The van der Waals surface area contributed by atoms with Crippen molar-refractivity contribution in [1.29, 1.82) is 0 Å². The van der Waals surface area contributed by atoms with Gasteiger partial charge in [-0.15, -0.1) is 0 Å². The van der Waals surface area contributed by atoms with Gasteiger partial charge in [0.1, 0.15) is 4.60 Å². The number of nitrogens with zero attached hydrogens (tertiary/aromatic N) is 3. The number of carbonyl (C=O) groups excluding carboxylic acids is 1. The molecule has 0 fully saturated rings. The number of fused-ring (bicyclic) bond motifs is 1. The van der Waals surface area contributed by atoms with Crippen LogP contribution in [-0.4, -0.2) is 39.8 Å². The monoisotopic (exact) mass is 469 g/mol. The molecule has 10 heteroatoms. The minimum absolute atomic E-state index is 0.145. The molecule has 0 aliphatic rings. The van der Waals surface area contributed by atoms with Gasteiger partial charge in [-0.2, -0.15) is 18.3 Å². The fourth-order valence-electron chi connectivity index (χ4n) is 2.74. The minimum atomic E-state index is -4.24. The number of amides is 1. The average molecular weight is 470 g/mol. The SMILES string of the molecule is CCCNC(=O)c1ccc(-c2cnc3c(NCCC(F)(F)F)cc(Br)nn23)cc1. The summed E-state index contributed by atoms with van der Waals surface area (Å²) in [6.07, 6.45) is -2.74. The van der Waals surface area contributed by atoms with E-state index in [2.05, 4.69) is 36.6 Å². The Balaban J connectivity index is 1.86. The van der Waals surface area contributed by atoms with Crippen LogP contribution in [0.1, 0.15) is 30.1 Å². The van der Waals surface area contributed by atoms with Crippen LogP contribution in [0.2, 0.25) is 0 Å². The largest absolute Gasteiger partial charge is 0.390 e. The zero-order valence-corrected chi connectivity index (χ0v) is 17.1. The molecule has 0 saturated carbocycles. The summed E-state index contributed by atoms with van der Waals surface area (Å²) in [5.41, 5.74) is 2.82. The molecule has 154 valence electrons. The van der Waals surface area contributed by atoms with Crippen molar-refractivity contribution < 1.29 is 18.0 Å². The molecule has 1 aromatic carbocycles. The summed E-state index contributed by atoms with van der Waals surface area (Å²) < 4.78 is 39.3. The third kappa shape index (κ3) is 5.26. The third-order valence-electron chi connectivity index (χ3n) is 4.14. The number of halogens is 4. The summed E-state index contributed by atoms with van der Waals surface area (Å²) >= 11 is 3.29. The highest BCUT2D eigenvalue weighted by Crippen LogP contribution is 2.27. The predicted octanol–water partition coefficient (Wildman–Crippen LogP) is 4.66. The number of anilines is 1. The lowest BCUT2D eigenvalue weighted by Crippen LogP contribution is -2.23. The van der Waals surface area contributed by atoms with Gasteiger partial charge < -0.3 is 10.6 Å². The molecule has 0 spiro atoms. The molecular weight excluding hydrogens is 451 g/mol. The maximum absolute atomic E-state index is 12.4. The summed E-state index contributed by atoms with van der Waals surface area (Å²) in [7, 11) is 0.